The molecule has 2 aliphatic rings. The molecule has 1 heterocycles. The molecule has 30 heavy (non-hydrogen) atoms. The Kier molecular flexibility index (Phi) is 7.18. The number of esters is 1. The summed E-state index contributed by atoms with van der Waals surface area (Å²) in [6, 6.07) is 4.02. The van der Waals surface area contributed by atoms with Crippen LogP contribution in [0.3, 0.4) is 0 Å². The molecule has 1 N–H and O–H groups in total. The standard InChI is InChI=1S/C22H28N2O5S/c1-13-12-14(22(28)29-2)8-9-17(13)23-19(25)18(10-11-30-3)24-20(26)15-6-4-5-7-16(15)21(24)27/h8-9,12,15-16,18H,4-7,10-11H2,1-3H3,(H,23,25). The maximum absolute atomic E-state index is 13.2. The molecule has 1 aliphatic carbocycles. The minimum absolute atomic E-state index is 0.205. The average molecular weight is 433 g/mol. The highest BCUT2D eigenvalue weighted by molar-refractivity contribution is 7.98. The second kappa shape index (κ2) is 9.64. The Morgan fingerprint density at radius 2 is 1.83 bits per heavy atom. The molecular weight excluding hydrogens is 404 g/mol. The largest absolute Gasteiger partial charge is 0.465 e. The van der Waals surface area contributed by atoms with Crippen molar-refractivity contribution >= 4 is 41.1 Å². The molecular formula is C22H28N2O5S. The van der Waals surface area contributed by atoms with Crippen LogP contribution >= 0.6 is 11.8 Å². The normalized spacial score (nSPS) is 21.9. The fraction of sp³-hybridized carbons (Fsp3) is 0.545. The van der Waals surface area contributed by atoms with Crippen LogP contribution < -0.4 is 5.32 Å². The Bertz CT molecular complexity index is 832. The zero-order valence-corrected chi connectivity index (χ0v) is 18.4. The second-order valence-electron chi connectivity index (χ2n) is 7.85. The lowest BCUT2D eigenvalue weighted by Gasteiger charge is -2.26. The Labute approximate surface area is 180 Å². The van der Waals surface area contributed by atoms with Gasteiger partial charge in [-0.3, -0.25) is 19.3 Å². The van der Waals surface area contributed by atoms with Gasteiger partial charge in [0.2, 0.25) is 17.7 Å². The van der Waals surface area contributed by atoms with Gasteiger partial charge in [-0.2, -0.15) is 11.8 Å². The van der Waals surface area contributed by atoms with Crippen LogP contribution in [0.4, 0.5) is 5.69 Å². The van der Waals surface area contributed by atoms with Crippen LogP contribution in [-0.4, -0.2) is 53.8 Å². The van der Waals surface area contributed by atoms with E-state index < -0.39 is 12.0 Å². The van der Waals surface area contributed by atoms with Crippen LogP contribution in [0.1, 0.15) is 48.0 Å². The van der Waals surface area contributed by atoms with E-state index >= 15 is 0 Å². The fourth-order valence-electron chi connectivity index (χ4n) is 4.37. The Balaban J connectivity index is 1.82. The van der Waals surface area contributed by atoms with Crippen LogP contribution in [0.15, 0.2) is 18.2 Å². The lowest BCUT2D eigenvalue weighted by atomic mass is 9.81. The summed E-state index contributed by atoms with van der Waals surface area (Å²) in [7, 11) is 1.31. The summed E-state index contributed by atoms with van der Waals surface area (Å²) in [5.41, 5.74) is 1.63. The fourth-order valence-corrected chi connectivity index (χ4v) is 4.83. The summed E-state index contributed by atoms with van der Waals surface area (Å²) < 4.78 is 4.72. The highest BCUT2D eigenvalue weighted by Gasteiger charge is 2.51. The highest BCUT2D eigenvalue weighted by atomic mass is 32.2. The molecule has 162 valence electrons. The number of aryl methyl sites for hydroxylation is 1. The number of nitrogens with zero attached hydrogens (tertiary/aromatic N) is 1. The minimum atomic E-state index is -0.831. The number of benzene rings is 1. The van der Waals surface area contributed by atoms with Crippen LogP contribution in [0.5, 0.6) is 0 Å². The highest BCUT2D eigenvalue weighted by Crippen LogP contribution is 2.39. The molecule has 3 unspecified atom stereocenters. The summed E-state index contributed by atoms with van der Waals surface area (Å²) >= 11 is 1.57. The van der Waals surface area contributed by atoms with Gasteiger partial charge >= 0.3 is 5.97 Å². The van der Waals surface area contributed by atoms with E-state index in [9.17, 15) is 19.2 Å². The lowest BCUT2D eigenvalue weighted by Crippen LogP contribution is -2.48. The van der Waals surface area contributed by atoms with Crippen molar-refractivity contribution in [3.05, 3.63) is 29.3 Å². The maximum Gasteiger partial charge on any atom is 0.337 e. The maximum atomic E-state index is 13.2. The molecule has 0 radical (unpaired) electrons. The predicted molar refractivity (Wildman–Crippen MR) is 115 cm³/mol. The van der Waals surface area contributed by atoms with Gasteiger partial charge < -0.3 is 10.1 Å². The number of hydrogen-bond acceptors (Lipinski definition) is 6. The number of anilines is 1. The summed E-state index contributed by atoms with van der Waals surface area (Å²) in [4.78, 5) is 52.1. The van der Waals surface area contributed by atoms with Crippen molar-refractivity contribution in [1.82, 2.24) is 4.90 Å². The average Bonchev–Trinajstić information content (AvgIpc) is 3.00. The molecule has 0 spiro atoms. The number of carbonyl (C=O) groups is 4. The molecule has 3 atom stereocenters. The number of hydrogen-bond donors (Lipinski definition) is 1. The van der Waals surface area contributed by atoms with Crippen molar-refractivity contribution in [2.45, 2.75) is 45.1 Å². The number of likely N-dealkylation sites (tertiary alicyclic amines) is 1. The molecule has 1 saturated heterocycles. The Hall–Kier alpha value is -2.35. The minimum Gasteiger partial charge on any atom is -0.465 e. The number of fused-ring (bicyclic) bond motifs is 1. The van der Waals surface area contributed by atoms with E-state index in [-0.39, 0.29) is 29.6 Å². The first-order valence-electron chi connectivity index (χ1n) is 10.2. The quantitative estimate of drug-likeness (QED) is 0.526. The van der Waals surface area contributed by atoms with Crippen LogP contribution in [0.25, 0.3) is 0 Å². The van der Waals surface area contributed by atoms with Crippen molar-refractivity contribution < 1.29 is 23.9 Å². The van der Waals surface area contributed by atoms with Crippen LogP contribution in [-0.2, 0) is 19.1 Å². The SMILES string of the molecule is COC(=O)c1ccc(NC(=O)C(CCSC)N2C(=O)C3CCCCC3C2=O)c(C)c1. The third-order valence-electron chi connectivity index (χ3n) is 5.99. The van der Waals surface area contributed by atoms with Gasteiger partial charge in [-0.15, -0.1) is 0 Å². The summed E-state index contributed by atoms with van der Waals surface area (Å²) in [5.74, 6) is -1.14. The zero-order valence-electron chi connectivity index (χ0n) is 17.6. The monoisotopic (exact) mass is 432 g/mol. The van der Waals surface area contributed by atoms with Gasteiger partial charge in [0.15, 0.2) is 0 Å². The molecule has 3 amide bonds. The van der Waals surface area contributed by atoms with Crippen LogP contribution in [0.2, 0.25) is 0 Å². The van der Waals surface area contributed by atoms with E-state index in [2.05, 4.69) is 5.32 Å². The van der Waals surface area contributed by atoms with Gasteiger partial charge in [0, 0.05) is 5.69 Å². The van der Waals surface area contributed by atoms with E-state index in [1.165, 1.54) is 12.0 Å². The third kappa shape index (κ3) is 4.38. The molecule has 3 rings (SSSR count). The number of rotatable bonds is 7. The first-order valence-corrected chi connectivity index (χ1v) is 11.6. The van der Waals surface area contributed by atoms with Crippen molar-refractivity contribution in [2.24, 2.45) is 11.8 Å². The van der Waals surface area contributed by atoms with E-state index in [1.807, 2.05) is 6.26 Å². The number of ether oxygens (including phenoxy) is 1. The van der Waals surface area contributed by atoms with Crippen LogP contribution in [0, 0.1) is 18.8 Å². The molecule has 1 saturated carbocycles. The van der Waals surface area contributed by atoms with Gasteiger partial charge in [0.05, 0.1) is 24.5 Å². The van der Waals surface area contributed by atoms with E-state index in [0.717, 1.165) is 25.7 Å². The third-order valence-corrected chi connectivity index (χ3v) is 6.63. The van der Waals surface area contributed by atoms with Crippen molar-refractivity contribution in [1.29, 1.82) is 0 Å². The number of methoxy groups -OCH3 is 1. The van der Waals surface area contributed by atoms with E-state index in [1.54, 1.807) is 36.9 Å². The summed E-state index contributed by atoms with van der Waals surface area (Å²) in [5, 5.41) is 2.86. The molecule has 1 aromatic rings. The number of amides is 3. The molecule has 1 aliphatic heterocycles. The molecule has 7 nitrogen and oxygen atoms in total. The topological polar surface area (TPSA) is 92.8 Å². The zero-order chi connectivity index (χ0) is 21.8. The van der Waals surface area contributed by atoms with Gasteiger partial charge in [0.1, 0.15) is 6.04 Å². The van der Waals surface area contributed by atoms with Gasteiger partial charge in [-0.1, -0.05) is 12.8 Å². The molecule has 8 heteroatoms. The van der Waals surface area contributed by atoms with Crippen molar-refractivity contribution in [3.63, 3.8) is 0 Å². The first kappa shape index (κ1) is 22.3. The second-order valence-corrected chi connectivity index (χ2v) is 8.84. The van der Waals surface area contributed by atoms with E-state index in [4.69, 9.17) is 4.74 Å². The number of imide groups is 1. The van der Waals surface area contributed by atoms with Gasteiger partial charge in [-0.05, 0) is 62.0 Å². The Morgan fingerprint density at radius 3 is 2.37 bits per heavy atom. The molecule has 0 aromatic heterocycles. The first-order chi connectivity index (χ1) is 14.4. The van der Waals surface area contributed by atoms with Gasteiger partial charge in [-0.25, -0.2) is 4.79 Å². The van der Waals surface area contributed by atoms with Crippen molar-refractivity contribution in [3.8, 4) is 0 Å². The molecule has 2 fully saturated rings. The van der Waals surface area contributed by atoms with E-state index in [0.29, 0.717) is 29.0 Å². The lowest BCUT2D eigenvalue weighted by molar-refractivity contribution is -0.146. The van der Waals surface area contributed by atoms with Crippen molar-refractivity contribution in [2.75, 3.05) is 24.4 Å². The summed E-state index contributed by atoms with van der Waals surface area (Å²) in [6.45, 7) is 1.78. The number of thioether (sulfide) groups is 1. The van der Waals surface area contributed by atoms with Gasteiger partial charge in [0.25, 0.3) is 0 Å². The smallest absolute Gasteiger partial charge is 0.337 e. The summed E-state index contributed by atoms with van der Waals surface area (Å²) in [6.07, 6.45) is 5.66. The molecule has 1 aromatic carbocycles. The predicted octanol–water partition coefficient (Wildman–Crippen LogP) is 3.02. The number of nitrogens with one attached hydrogen (secondary N) is 1. The molecule has 0 bridgehead atoms. The Morgan fingerprint density at radius 1 is 1.20 bits per heavy atom. The number of carbonyl (C=O) groups excluding carboxylic acids is 4.